The average Bonchev–Trinajstić information content (AvgIpc) is 3.28. The van der Waals surface area contributed by atoms with E-state index in [2.05, 4.69) is 27.2 Å². The van der Waals surface area contributed by atoms with E-state index < -0.39 is 6.10 Å². The summed E-state index contributed by atoms with van der Waals surface area (Å²) < 4.78 is 11.2. The lowest BCUT2D eigenvalue weighted by molar-refractivity contribution is 0.0551. The van der Waals surface area contributed by atoms with Crippen molar-refractivity contribution in [1.29, 1.82) is 5.26 Å². The Kier molecular flexibility index (Phi) is 6.51. The number of nitrogens with zero attached hydrogens (tertiary/aromatic N) is 4. The predicted molar refractivity (Wildman–Crippen MR) is 118 cm³/mol. The zero-order valence-electron chi connectivity index (χ0n) is 18.2. The number of β-amino-alcohol motifs (C(OH)–C–C–N with tert-alkyl or cyclic N) is 1. The molecule has 1 aromatic heterocycles. The van der Waals surface area contributed by atoms with Crippen LogP contribution in [0.5, 0.6) is 5.75 Å². The number of ether oxygens (including phenoxy) is 1. The number of rotatable bonds is 7. The first-order valence-electron chi connectivity index (χ1n) is 10.7. The lowest BCUT2D eigenvalue weighted by Crippen LogP contribution is -2.38. The van der Waals surface area contributed by atoms with E-state index in [-0.39, 0.29) is 12.7 Å². The van der Waals surface area contributed by atoms with Crippen LogP contribution in [0.2, 0.25) is 0 Å². The summed E-state index contributed by atoms with van der Waals surface area (Å²) in [6.45, 7) is 5.47. The quantitative estimate of drug-likeness (QED) is 0.583. The van der Waals surface area contributed by atoms with Crippen molar-refractivity contribution < 1.29 is 19.5 Å². The monoisotopic (exact) mass is 434 g/mol. The van der Waals surface area contributed by atoms with E-state index in [9.17, 15) is 10.4 Å². The Morgan fingerprint density at radius 1 is 1.28 bits per heavy atom. The summed E-state index contributed by atoms with van der Waals surface area (Å²) in [5.74, 6) is 1.37. The van der Waals surface area contributed by atoms with Crippen molar-refractivity contribution in [2.75, 3.05) is 19.7 Å². The van der Waals surface area contributed by atoms with E-state index in [1.165, 1.54) is 0 Å². The van der Waals surface area contributed by atoms with Gasteiger partial charge < -0.3 is 19.5 Å². The van der Waals surface area contributed by atoms with Gasteiger partial charge in [-0.05, 0) is 49.6 Å². The summed E-state index contributed by atoms with van der Waals surface area (Å²) in [5, 5.41) is 32.5. The van der Waals surface area contributed by atoms with E-state index in [1.807, 2.05) is 26.0 Å². The van der Waals surface area contributed by atoms with Crippen LogP contribution in [-0.2, 0) is 13.0 Å². The minimum Gasteiger partial charge on any atom is -0.490 e. The molecule has 0 fully saturated rings. The molecule has 3 aromatic rings. The topological polar surface area (TPSA) is 116 Å². The van der Waals surface area contributed by atoms with Crippen LogP contribution in [0, 0.1) is 11.3 Å². The SMILES string of the molecule is CC(C)Oc1ccc(-c2nc(-c3cccc4c3CCN(C[C@@H](O)CO)C4)no2)cc1C#N. The van der Waals surface area contributed by atoms with Gasteiger partial charge in [-0.15, -0.1) is 0 Å². The summed E-state index contributed by atoms with van der Waals surface area (Å²) >= 11 is 0. The van der Waals surface area contributed by atoms with Gasteiger partial charge in [-0.25, -0.2) is 0 Å². The van der Waals surface area contributed by atoms with E-state index >= 15 is 0 Å². The van der Waals surface area contributed by atoms with Gasteiger partial charge in [0.05, 0.1) is 24.4 Å². The molecule has 0 unspecified atom stereocenters. The Morgan fingerprint density at radius 3 is 2.88 bits per heavy atom. The second-order valence-corrected chi connectivity index (χ2v) is 8.18. The highest BCUT2D eigenvalue weighted by atomic mass is 16.5. The molecule has 2 heterocycles. The smallest absolute Gasteiger partial charge is 0.258 e. The maximum Gasteiger partial charge on any atom is 0.258 e. The van der Waals surface area contributed by atoms with Crippen LogP contribution in [0.4, 0.5) is 0 Å². The van der Waals surface area contributed by atoms with Crippen molar-refractivity contribution in [2.24, 2.45) is 0 Å². The molecule has 0 spiro atoms. The predicted octanol–water partition coefficient (Wildman–Crippen LogP) is 2.77. The van der Waals surface area contributed by atoms with Crippen molar-refractivity contribution in [3.63, 3.8) is 0 Å². The van der Waals surface area contributed by atoms with Gasteiger partial charge in [0.1, 0.15) is 11.8 Å². The Hall–Kier alpha value is -3.25. The van der Waals surface area contributed by atoms with Crippen LogP contribution in [0.1, 0.15) is 30.5 Å². The van der Waals surface area contributed by atoms with Crippen LogP contribution < -0.4 is 4.74 Å². The average molecular weight is 434 g/mol. The van der Waals surface area contributed by atoms with Crippen molar-refractivity contribution in [1.82, 2.24) is 15.0 Å². The first-order valence-corrected chi connectivity index (χ1v) is 10.7. The number of fused-ring (bicyclic) bond motifs is 1. The van der Waals surface area contributed by atoms with Gasteiger partial charge >= 0.3 is 0 Å². The molecule has 8 heteroatoms. The molecule has 8 nitrogen and oxygen atoms in total. The van der Waals surface area contributed by atoms with Crippen LogP contribution in [0.3, 0.4) is 0 Å². The number of benzene rings is 2. The third kappa shape index (κ3) is 4.65. The van der Waals surface area contributed by atoms with Gasteiger partial charge in [0.2, 0.25) is 5.82 Å². The molecule has 0 radical (unpaired) electrons. The van der Waals surface area contributed by atoms with Crippen molar-refractivity contribution >= 4 is 0 Å². The zero-order chi connectivity index (χ0) is 22.7. The minimum absolute atomic E-state index is 0.0324. The molecule has 32 heavy (non-hydrogen) atoms. The molecule has 0 saturated heterocycles. The molecular weight excluding hydrogens is 408 g/mol. The summed E-state index contributed by atoms with van der Waals surface area (Å²) in [5.41, 5.74) is 4.30. The van der Waals surface area contributed by atoms with Crippen LogP contribution in [0.25, 0.3) is 22.8 Å². The molecule has 2 aromatic carbocycles. The highest BCUT2D eigenvalue weighted by Gasteiger charge is 2.23. The maximum atomic E-state index is 9.75. The highest BCUT2D eigenvalue weighted by Crippen LogP contribution is 2.31. The van der Waals surface area contributed by atoms with Gasteiger partial charge in [0, 0.05) is 30.8 Å². The fraction of sp³-hybridized carbons (Fsp3) is 0.375. The Bertz CT molecular complexity index is 1140. The highest BCUT2D eigenvalue weighted by molar-refractivity contribution is 5.66. The lowest BCUT2D eigenvalue weighted by atomic mass is 9.94. The third-order valence-corrected chi connectivity index (χ3v) is 5.40. The molecular formula is C24H26N4O4. The van der Waals surface area contributed by atoms with Crippen molar-refractivity contribution in [3.05, 3.63) is 53.1 Å². The molecule has 0 amide bonds. The van der Waals surface area contributed by atoms with Crippen LogP contribution >= 0.6 is 0 Å². The first kappa shape index (κ1) is 22.0. The van der Waals surface area contributed by atoms with Gasteiger partial charge in [0.25, 0.3) is 5.89 Å². The Morgan fingerprint density at radius 2 is 2.12 bits per heavy atom. The fourth-order valence-corrected chi connectivity index (χ4v) is 3.95. The molecule has 0 aliphatic carbocycles. The molecule has 4 rings (SSSR count). The van der Waals surface area contributed by atoms with E-state index in [0.717, 1.165) is 29.7 Å². The van der Waals surface area contributed by atoms with Crippen molar-refractivity contribution in [2.45, 2.75) is 39.0 Å². The zero-order valence-corrected chi connectivity index (χ0v) is 18.2. The number of aromatic nitrogens is 2. The van der Waals surface area contributed by atoms with Crippen LogP contribution in [-0.4, -0.2) is 57.2 Å². The van der Waals surface area contributed by atoms with Gasteiger partial charge in [0.15, 0.2) is 0 Å². The minimum atomic E-state index is -0.741. The molecule has 2 N–H and O–H groups in total. The number of nitriles is 1. The molecule has 1 atom stereocenters. The number of aliphatic hydroxyl groups is 2. The van der Waals surface area contributed by atoms with E-state index in [4.69, 9.17) is 14.4 Å². The molecule has 0 saturated carbocycles. The molecule has 166 valence electrons. The summed E-state index contributed by atoms with van der Waals surface area (Å²) in [4.78, 5) is 6.71. The Labute approximate surface area is 186 Å². The Balaban J connectivity index is 1.59. The summed E-state index contributed by atoms with van der Waals surface area (Å²) in [6, 6.07) is 13.4. The second kappa shape index (κ2) is 9.49. The molecule has 1 aliphatic rings. The number of aliphatic hydroxyl groups excluding tert-OH is 2. The normalized spacial score (nSPS) is 14.8. The van der Waals surface area contributed by atoms with Gasteiger partial charge in [-0.1, -0.05) is 23.4 Å². The maximum absolute atomic E-state index is 9.75. The summed E-state index contributed by atoms with van der Waals surface area (Å²) in [6.07, 6.45) is 0.0121. The third-order valence-electron chi connectivity index (χ3n) is 5.40. The van der Waals surface area contributed by atoms with Gasteiger partial charge in [-0.2, -0.15) is 10.2 Å². The second-order valence-electron chi connectivity index (χ2n) is 8.18. The number of hydrogen-bond acceptors (Lipinski definition) is 8. The molecule has 0 bridgehead atoms. The summed E-state index contributed by atoms with van der Waals surface area (Å²) in [7, 11) is 0. The van der Waals surface area contributed by atoms with Crippen molar-refractivity contribution in [3.8, 4) is 34.7 Å². The van der Waals surface area contributed by atoms with E-state index in [0.29, 0.717) is 41.7 Å². The lowest BCUT2D eigenvalue weighted by Gasteiger charge is -2.30. The standard InChI is InChI=1S/C24H26N4O4/c1-15(2)31-22-7-6-16(10-18(22)11-25)24-26-23(27-32-24)21-5-3-4-17-12-28(9-8-20(17)21)13-19(30)14-29/h3-7,10,15,19,29-30H,8-9,12-14H2,1-2H3/t19-/m1/s1. The largest absolute Gasteiger partial charge is 0.490 e. The number of hydrogen-bond donors (Lipinski definition) is 2. The van der Waals surface area contributed by atoms with Crippen LogP contribution in [0.15, 0.2) is 40.9 Å². The first-order chi connectivity index (χ1) is 15.5. The fourth-order valence-electron chi connectivity index (χ4n) is 3.95. The van der Waals surface area contributed by atoms with E-state index in [1.54, 1.807) is 18.2 Å². The molecule has 1 aliphatic heterocycles. The van der Waals surface area contributed by atoms with Gasteiger partial charge in [-0.3, -0.25) is 4.90 Å².